The van der Waals surface area contributed by atoms with Gasteiger partial charge in [-0.15, -0.1) is 0 Å². The van der Waals surface area contributed by atoms with E-state index in [0.29, 0.717) is 0 Å². The first-order valence-electron chi connectivity index (χ1n) is 4.35. The molecule has 0 radical (unpaired) electrons. The lowest BCUT2D eigenvalue weighted by atomic mass is 9.83. The normalized spacial score (nSPS) is 14.0. The first kappa shape index (κ1) is 13.4. The lowest BCUT2D eigenvalue weighted by Crippen LogP contribution is -2.52. The summed E-state index contributed by atoms with van der Waals surface area (Å²) in [5.74, 6) is -0.476. The Kier molecular flexibility index (Phi) is 5.68. The highest BCUT2D eigenvalue weighted by atomic mass is 16.5. The summed E-state index contributed by atoms with van der Waals surface area (Å²) in [5.41, 5.74) is 4.42. The SMILES string of the molecule is COCC(COC)(C(N)=O)C(C)OC. The van der Waals surface area contributed by atoms with Crippen LogP contribution in [0.1, 0.15) is 6.92 Å². The monoisotopic (exact) mass is 205 g/mol. The molecule has 1 amide bonds. The molecule has 1 unspecified atom stereocenters. The van der Waals surface area contributed by atoms with Crippen LogP contribution in [0, 0.1) is 5.41 Å². The van der Waals surface area contributed by atoms with Crippen LogP contribution < -0.4 is 5.73 Å². The quantitative estimate of drug-likeness (QED) is 0.624. The number of amides is 1. The number of rotatable bonds is 7. The summed E-state index contributed by atoms with van der Waals surface area (Å²) < 4.78 is 15.1. The van der Waals surface area contributed by atoms with Gasteiger partial charge in [0, 0.05) is 21.3 Å². The van der Waals surface area contributed by atoms with Gasteiger partial charge in [0.1, 0.15) is 5.41 Å². The molecule has 0 heterocycles. The van der Waals surface area contributed by atoms with Crippen LogP contribution in [0.25, 0.3) is 0 Å². The number of methoxy groups -OCH3 is 3. The van der Waals surface area contributed by atoms with Gasteiger partial charge in [-0.1, -0.05) is 0 Å². The van der Waals surface area contributed by atoms with Crippen LogP contribution in [0.4, 0.5) is 0 Å². The van der Waals surface area contributed by atoms with Crippen molar-refractivity contribution in [2.75, 3.05) is 34.5 Å². The number of carbonyl (C=O) groups excluding carboxylic acids is 1. The highest BCUT2D eigenvalue weighted by Crippen LogP contribution is 2.25. The molecular weight excluding hydrogens is 186 g/mol. The molecule has 0 saturated carbocycles. The van der Waals surface area contributed by atoms with Crippen molar-refractivity contribution in [3.63, 3.8) is 0 Å². The van der Waals surface area contributed by atoms with Crippen LogP contribution in [0.5, 0.6) is 0 Å². The Bertz CT molecular complexity index is 178. The molecular formula is C9H19NO4. The Hall–Kier alpha value is -0.650. The Balaban J connectivity index is 4.82. The van der Waals surface area contributed by atoms with Crippen molar-refractivity contribution < 1.29 is 19.0 Å². The van der Waals surface area contributed by atoms with Crippen LogP contribution in [-0.2, 0) is 19.0 Å². The fourth-order valence-electron chi connectivity index (χ4n) is 1.36. The smallest absolute Gasteiger partial charge is 0.230 e. The number of primary amides is 1. The Morgan fingerprint density at radius 3 is 1.93 bits per heavy atom. The molecule has 0 spiro atoms. The third-order valence-corrected chi connectivity index (χ3v) is 2.43. The van der Waals surface area contributed by atoms with E-state index in [-0.39, 0.29) is 19.3 Å². The molecule has 0 aromatic heterocycles. The van der Waals surface area contributed by atoms with Gasteiger partial charge in [0.25, 0.3) is 0 Å². The topological polar surface area (TPSA) is 70.8 Å². The van der Waals surface area contributed by atoms with Crippen molar-refractivity contribution in [2.45, 2.75) is 13.0 Å². The zero-order chi connectivity index (χ0) is 11.2. The predicted octanol–water partition coefficient (Wildman–Crippen LogP) is -0.214. The van der Waals surface area contributed by atoms with Crippen molar-refractivity contribution in [1.82, 2.24) is 0 Å². The third kappa shape index (κ3) is 2.67. The second-order valence-corrected chi connectivity index (χ2v) is 3.26. The maximum Gasteiger partial charge on any atom is 0.230 e. The molecule has 0 aromatic rings. The first-order valence-corrected chi connectivity index (χ1v) is 4.35. The second kappa shape index (κ2) is 5.95. The summed E-state index contributed by atoms with van der Waals surface area (Å²) in [6.45, 7) is 2.14. The fourth-order valence-corrected chi connectivity index (χ4v) is 1.36. The van der Waals surface area contributed by atoms with Crippen molar-refractivity contribution in [1.29, 1.82) is 0 Å². The van der Waals surface area contributed by atoms with Crippen molar-refractivity contribution >= 4 is 5.91 Å². The van der Waals surface area contributed by atoms with Crippen molar-refractivity contribution in [2.24, 2.45) is 11.1 Å². The van der Waals surface area contributed by atoms with Gasteiger partial charge < -0.3 is 19.9 Å². The van der Waals surface area contributed by atoms with E-state index in [1.807, 2.05) is 0 Å². The molecule has 0 aliphatic carbocycles. The molecule has 2 N–H and O–H groups in total. The van der Waals surface area contributed by atoms with E-state index < -0.39 is 11.3 Å². The average Bonchev–Trinajstić information content (AvgIpc) is 2.15. The molecule has 0 saturated heterocycles. The lowest BCUT2D eigenvalue weighted by molar-refractivity contribution is -0.148. The molecule has 0 aliphatic rings. The van der Waals surface area contributed by atoms with E-state index >= 15 is 0 Å². The summed E-state index contributed by atoms with van der Waals surface area (Å²) >= 11 is 0. The van der Waals surface area contributed by atoms with Crippen molar-refractivity contribution in [3.05, 3.63) is 0 Å². The molecule has 5 nitrogen and oxygen atoms in total. The minimum atomic E-state index is -0.918. The maximum atomic E-state index is 11.4. The number of carbonyl (C=O) groups is 1. The van der Waals surface area contributed by atoms with Gasteiger partial charge in [0.2, 0.25) is 5.91 Å². The Labute approximate surface area is 84.5 Å². The minimum absolute atomic E-state index is 0.186. The average molecular weight is 205 g/mol. The highest BCUT2D eigenvalue weighted by Gasteiger charge is 2.43. The van der Waals surface area contributed by atoms with Crippen LogP contribution in [0.2, 0.25) is 0 Å². The van der Waals surface area contributed by atoms with Gasteiger partial charge in [0.15, 0.2) is 0 Å². The first-order chi connectivity index (χ1) is 6.55. The summed E-state index contributed by atoms with van der Waals surface area (Å²) in [4.78, 5) is 11.4. The summed E-state index contributed by atoms with van der Waals surface area (Å²) in [7, 11) is 4.54. The highest BCUT2D eigenvalue weighted by molar-refractivity contribution is 5.81. The second-order valence-electron chi connectivity index (χ2n) is 3.26. The number of ether oxygens (including phenoxy) is 3. The molecule has 0 aliphatic heterocycles. The maximum absolute atomic E-state index is 11.4. The van der Waals surface area contributed by atoms with Gasteiger partial charge in [-0.25, -0.2) is 0 Å². The summed E-state index contributed by atoms with van der Waals surface area (Å²) in [6, 6.07) is 0. The van der Waals surface area contributed by atoms with Gasteiger partial charge in [-0.05, 0) is 6.92 Å². The van der Waals surface area contributed by atoms with E-state index in [0.717, 1.165) is 0 Å². The van der Waals surface area contributed by atoms with Crippen LogP contribution in [-0.4, -0.2) is 46.6 Å². The molecule has 14 heavy (non-hydrogen) atoms. The van der Waals surface area contributed by atoms with Crippen LogP contribution in [0.15, 0.2) is 0 Å². The number of hydrogen-bond acceptors (Lipinski definition) is 4. The third-order valence-electron chi connectivity index (χ3n) is 2.43. The van der Waals surface area contributed by atoms with Crippen LogP contribution >= 0.6 is 0 Å². The molecule has 5 heteroatoms. The summed E-state index contributed by atoms with van der Waals surface area (Å²) in [6.07, 6.45) is -0.347. The Morgan fingerprint density at radius 2 is 1.71 bits per heavy atom. The van der Waals surface area contributed by atoms with Gasteiger partial charge in [-0.2, -0.15) is 0 Å². The minimum Gasteiger partial charge on any atom is -0.383 e. The molecule has 1 atom stereocenters. The molecule has 0 rings (SSSR count). The molecule has 84 valence electrons. The number of hydrogen-bond donors (Lipinski definition) is 1. The predicted molar refractivity (Wildman–Crippen MR) is 51.9 cm³/mol. The van der Waals surface area contributed by atoms with E-state index in [4.69, 9.17) is 19.9 Å². The zero-order valence-electron chi connectivity index (χ0n) is 9.20. The largest absolute Gasteiger partial charge is 0.383 e. The van der Waals surface area contributed by atoms with E-state index in [2.05, 4.69) is 0 Å². The van der Waals surface area contributed by atoms with Crippen LogP contribution in [0.3, 0.4) is 0 Å². The van der Waals surface area contributed by atoms with Gasteiger partial charge in [0.05, 0.1) is 19.3 Å². The van der Waals surface area contributed by atoms with E-state index in [1.54, 1.807) is 6.92 Å². The van der Waals surface area contributed by atoms with E-state index in [1.165, 1.54) is 21.3 Å². The summed E-state index contributed by atoms with van der Waals surface area (Å²) in [5, 5.41) is 0. The molecule has 0 fully saturated rings. The van der Waals surface area contributed by atoms with Gasteiger partial charge >= 0.3 is 0 Å². The standard InChI is InChI=1S/C9H19NO4/c1-7(14-4)9(5-12-2,6-13-3)8(10)11/h7H,5-6H2,1-4H3,(H2,10,11). The molecule has 0 bridgehead atoms. The Morgan fingerprint density at radius 1 is 1.29 bits per heavy atom. The van der Waals surface area contributed by atoms with Crippen molar-refractivity contribution in [3.8, 4) is 0 Å². The zero-order valence-corrected chi connectivity index (χ0v) is 9.20. The van der Waals surface area contributed by atoms with E-state index in [9.17, 15) is 4.79 Å². The lowest BCUT2D eigenvalue weighted by Gasteiger charge is -2.33. The number of nitrogens with two attached hydrogens (primary N) is 1. The molecule has 0 aromatic carbocycles. The van der Waals surface area contributed by atoms with Gasteiger partial charge in [-0.3, -0.25) is 4.79 Å². The fraction of sp³-hybridized carbons (Fsp3) is 0.889.